The van der Waals surface area contributed by atoms with Crippen LogP contribution in [0.25, 0.3) is 16.6 Å². The second-order valence-corrected chi connectivity index (χ2v) is 9.35. The lowest BCUT2D eigenvalue weighted by Crippen LogP contribution is -2.64. The van der Waals surface area contributed by atoms with E-state index in [1.54, 1.807) is 0 Å². The molecule has 3 aliphatic heterocycles. The van der Waals surface area contributed by atoms with Gasteiger partial charge in [-0.2, -0.15) is 0 Å². The van der Waals surface area contributed by atoms with E-state index in [1.807, 2.05) is 57.3 Å². The standard InChI is InChI=1S/C26H33N7.C2H6/c1-4-5-19(12-20-6-9-26(27)29-20)23-7-8-24-25(30-23)13-21(14-28-24)33-16-22(17-33)32-11-10-31(3)18(2)15-32;1-2/h4-8,12-14,18,22H,9-11,15-17H2,1-3H3,(H2,27,29);1-2H3/b5-4-,19-12+;. The molecule has 2 N–H and O–H groups in total. The summed E-state index contributed by atoms with van der Waals surface area (Å²) in [6.07, 6.45) is 10.9. The normalized spacial score (nSPS) is 22.1. The Balaban J connectivity index is 0.00000141. The molecule has 0 aliphatic carbocycles. The number of anilines is 1. The summed E-state index contributed by atoms with van der Waals surface area (Å²) >= 11 is 0. The van der Waals surface area contributed by atoms with Gasteiger partial charge in [-0.25, -0.2) is 9.98 Å². The van der Waals surface area contributed by atoms with Crippen LogP contribution in [0.2, 0.25) is 0 Å². The third-order valence-electron chi connectivity index (χ3n) is 7.00. The third kappa shape index (κ3) is 5.63. The van der Waals surface area contributed by atoms with E-state index in [0.717, 1.165) is 66.4 Å². The third-order valence-corrected chi connectivity index (χ3v) is 7.00. The Labute approximate surface area is 209 Å². The van der Waals surface area contributed by atoms with Gasteiger partial charge in [-0.3, -0.25) is 9.88 Å². The summed E-state index contributed by atoms with van der Waals surface area (Å²) < 4.78 is 0. The van der Waals surface area contributed by atoms with Gasteiger partial charge in [-0.1, -0.05) is 32.1 Å². The van der Waals surface area contributed by atoms with Crippen LogP contribution in [-0.4, -0.2) is 77.5 Å². The van der Waals surface area contributed by atoms with Crippen molar-refractivity contribution in [2.45, 2.75) is 46.2 Å². The van der Waals surface area contributed by atoms with E-state index in [0.29, 0.717) is 24.3 Å². The highest BCUT2D eigenvalue weighted by Gasteiger charge is 2.35. The lowest BCUT2D eigenvalue weighted by atomic mass is 10.0. The molecule has 0 spiro atoms. The first-order valence-corrected chi connectivity index (χ1v) is 12.8. The second kappa shape index (κ2) is 11.1. The Bertz CT molecular complexity index is 1160. The molecule has 35 heavy (non-hydrogen) atoms. The highest BCUT2D eigenvalue weighted by Crippen LogP contribution is 2.28. The molecule has 7 nitrogen and oxygen atoms in total. The van der Waals surface area contributed by atoms with Crippen LogP contribution in [0.3, 0.4) is 0 Å². The maximum atomic E-state index is 5.84. The van der Waals surface area contributed by atoms with E-state index in [1.165, 1.54) is 0 Å². The van der Waals surface area contributed by atoms with Crippen LogP contribution in [0.1, 0.15) is 39.8 Å². The monoisotopic (exact) mass is 473 g/mol. The quantitative estimate of drug-likeness (QED) is 0.660. The molecular weight excluding hydrogens is 434 g/mol. The molecule has 2 saturated heterocycles. The summed E-state index contributed by atoms with van der Waals surface area (Å²) in [5.41, 5.74) is 11.6. The van der Waals surface area contributed by atoms with Crippen LogP contribution < -0.4 is 10.6 Å². The van der Waals surface area contributed by atoms with Gasteiger partial charge in [0.25, 0.3) is 0 Å². The van der Waals surface area contributed by atoms with E-state index < -0.39 is 0 Å². The fourth-order valence-electron chi connectivity index (χ4n) is 4.74. The van der Waals surface area contributed by atoms with Crippen molar-refractivity contribution in [1.82, 2.24) is 19.8 Å². The Morgan fingerprint density at radius 1 is 1.11 bits per heavy atom. The van der Waals surface area contributed by atoms with E-state index in [2.05, 4.69) is 45.8 Å². The van der Waals surface area contributed by atoms with Gasteiger partial charge in [-0.15, -0.1) is 0 Å². The molecule has 0 radical (unpaired) electrons. The minimum atomic E-state index is 0.624. The number of allylic oxidation sites excluding steroid dienone is 4. The molecule has 0 aromatic carbocycles. The van der Waals surface area contributed by atoms with Gasteiger partial charge < -0.3 is 15.5 Å². The first-order chi connectivity index (χ1) is 17.0. The van der Waals surface area contributed by atoms with Crippen molar-refractivity contribution in [3.05, 3.63) is 60.1 Å². The molecule has 5 heterocycles. The van der Waals surface area contributed by atoms with Crippen LogP contribution in [-0.2, 0) is 0 Å². The summed E-state index contributed by atoms with van der Waals surface area (Å²) in [7, 11) is 2.22. The number of pyridine rings is 2. The number of amidine groups is 1. The molecule has 1 unspecified atom stereocenters. The number of hydrogen-bond donors (Lipinski definition) is 1. The lowest BCUT2D eigenvalue weighted by molar-refractivity contribution is 0.0612. The molecular formula is C28H39N7. The summed E-state index contributed by atoms with van der Waals surface area (Å²) in [6, 6.07) is 7.50. The number of likely N-dealkylation sites (N-methyl/N-ethyl adjacent to an activating group) is 1. The predicted octanol–water partition coefficient (Wildman–Crippen LogP) is 4.08. The molecule has 0 saturated carbocycles. The molecule has 2 aromatic heterocycles. The van der Waals surface area contributed by atoms with Crippen molar-refractivity contribution in [2.24, 2.45) is 10.7 Å². The maximum Gasteiger partial charge on any atom is 0.103 e. The molecule has 5 rings (SSSR count). The van der Waals surface area contributed by atoms with Crippen molar-refractivity contribution in [3.8, 4) is 0 Å². The minimum absolute atomic E-state index is 0.624. The molecule has 3 aliphatic rings. The first-order valence-electron chi connectivity index (χ1n) is 12.8. The summed E-state index contributed by atoms with van der Waals surface area (Å²) in [6.45, 7) is 13.9. The van der Waals surface area contributed by atoms with Crippen LogP contribution >= 0.6 is 0 Å². The van der Waals surface area contributed by atoms with E-state index in [4.69, 9.17) is 15.7 Å². The van der Waals surface area contributed by atoms with Gasteiger partial charge in [0.1, 0.15) is 5.84 Å². The zero-order valence-corrected chi connectivity index (χ0v) is 21.8. The van der Waals surface area contributed by atoms with E-state index in [-0.39, 0.29) is 0 Å². The molecule has 0 amide bonds. The molecule has 1 atom stereocenters. The Morgan fingerprint density at radius 2 is 1.91 bits per heavy atom. The number of fused-ring (bicyclic) bond motifs is 1. The van der Waals surface area contributed by atoms with E-state index in [9.17, 15) is 0 Å². The summed E-state index contributed by atoms with van der Waals surface area (Å²) in [5.74, 6) is 0.653. The fourth-order valence-corrected chi connectivity index (χ4v) is 4.74. The average molecular weight is 474 g/mol. The van der Waals surface area contributed by atoms with Gasteiger partial charge in [0.05, 0.1) is 34.3 Å². The number of nitrogens with two attached hydrogens (primary N) is 1. The topological polar surface area (TPSA) is 73.9 Å². The van der Waals surface area contributed by atoms with Crippen molar-refractivity contribution in [2.75, 3.05) is 44.7 Å². The molecule has 2 aromatic rings. The number of hydrogen-bond acceptors (Lipinski definition) is 7. The van der Waals surface area contributed by atoms with Gasteiger partial charge >= 0.3 is 0 Å². The van der Waals surface area contributed by atoms with Gasteiger partial charge in [0.15, 0.2) is 0 Å². The highest BCUT2D eigenvalue weighted by molar-refractivity contribution is 5.87. The lowest BCUT2D eigenvalue weighted by Gasteiger charge is -2.50. The Hall–Kier alpha value is -3.03. The fraction of sp³-hybridized carbons (Fsp3) is 0.464. The Kier molecular flexibility index (Phi) is 7.98. The van der Waals surface area contributed by atoms with Gasteiger partial charge in [0.2, 0.25) is 0 Å². The summed E-state index contributed by atoms with van der Waals surface area (Å²) in [4.78, 5) is 21.6. The largest absolute Gasteiger partial charge is 0.387 e. The van der Waals surface area contributed by atoms with Crippen molar-refractivity contribution < 1.29 is 0 Å². The van der Waals surface area contributed by atoms with E-state index >= 15 is 0 Å². The second-order valence-electron chi connectivity index (χ2n) is 9.35. The smallest absolute Gasteiger partial charge is 0.103 e. The van der Waals surface area contributed by atoms with Crippen LogP contribution in [0.4, 0.5) is 5.69 Å². The van der Waals surface area contributed by atoms with Crippen LogP contribution in [0.15, 0.2) is 59.4 Å². The van der Waals surface area contributed by atoms with Crippen molar-refractivity contribution in [3.63, 3.8) is 0 Å². The van der Waals surface area contributed by atoms with Crippen molar-refractivity contribution in [1.29, 1.82) is 0 Å². The average Bonchev–Trinajstić information content (AvgIpc) is 3.25. The van der Waals surface area contributed by atoms with Gasteiger partial charge in [0, 0.05) is 56.8 Å². The van der Waals surface area contributed by atoms with Crippen LogP contribution in [0.5, 0.6) is 0 Å². The number of rotatable bonds is 5. The van der Waals surface area contributed by atoms with Gasteiger partial charge in [-0.05, 0) is 45.2 Å². The number of piperazine rings is 1. The molecule has 7 heteroatoms. The zero-order chi connectivity index (χ0) is 24.9. The van der Waals surface area contributed by atoms with Crippen molar-refractivity contribution >= 4 is 28.1 Å². The molecule has 0 bridgehead atoms. The number of nitrogens with zero attached hydrogens (tertiary/aromatic N) is 6. The number of aromatic nitrogens is 2. The SMILES string of the molecule is C/C=C\C(=C/C1=CCC(N)=N1)c1ccc2ncc(N3CC(N4CCN(C)C(C)C4)C3)cc2n1.CC. The maximum absolute atomic E-state index is 5.84. The molecule has 2 fully saturated rings. The zero-order valence-electron chi connectivity index (χ0n) is 21.8. The first kappa shape index (κ1) is 25.1. The summed E-state index contributed by atoms with van der Waals surface area (Å²) in [5, 5.41) is 0. The Morgan fingerprint density at radius 3 is 2.60 bits per heavy atom. The molecule has 186 valence electrons. The van der Waals surface area contributed by atoms with Crippen LogP contribution in [0, 0.1) is 0 Å². The number of aliphatic imine (C=N–C) groups is 1. The predicted molar refractivity (Wildman–Crippen MR) is 148 cm³/mol. The minimum Gasteiger partial charge on any atom is -0.387 e. The highest BCUT2D eigenvalue weighted by atomic mass is 15.4.